The van der Waals surface area contributed by atoms with Crippen LogP contribution in [-0.4, -0.2) is 81.6 Å². The number of hydrogen-bond acceptors (Lipinski definition) is 10. The molecule has 2 aromatic rings. The van der Waals surface area contributed by atoms with Crippen molar-refractivity contribution in [2.24, 2.45) is 17.6 Å². The molecule has 11 nitrogen and oxygen atoms in total. The number of aromatic hydroxyl groups is 1. The van der Waals surface area contributed by atoms with Gasteiger partial charge < -0.3 is 30.9 Å². The Morgan fingerprint density at radius 2 is 1.83 bits per heavy atom. The maximum atomic E-state index is 13.9. The first kappa shape index (κ1) is 28.8. The number of fused-ring (bicyclic) bond motifs is 3. The van der Waals surface area contributed by atoms with Crippen molar-refractivity contribution in [1.29, 1.82) is 0 Å². The summed E-state index contributed by atoms with van der Waals surface area (Å²) in [6.45, 7) is 0. The molecule has 0 saturated carbocycles. The number of hydrogen-bond donors (Lipinski definition) is 5. The van der Waals surface area contributed by atoms with E-state index >= 15 is 0 Å². The highest BCUT2D eigenvalue weighted by Gasteiger charge is 2.63. The molecule has 0 aromatic heterocycles. The summed E-state index contributed by atoms with van der Waals surface area (Å²) in [6, 6.07) is 9.11. The van der Waals surface area contributed by atoms with Gasteiger partial charge in [0.1, 0.15) is 22.8 Å². The fourth-order valence-corrected chi connectivity index (χ4v) is 6.56. The van der Waals surface area contributed by atoms with Crippen molar-refractivity contribution < 1.29 is 44.3 Å². The van der Waals surface area contributed by atoms with E-state index in [9.17, 15) is 39.6 Å². The Morgan fingerprint density at radius 3 is 2.48 bits per heavy atom. The lowest BCUT2D eigenvalue weighted by Crippen LogP contribution is -2.63. The van der Waals surface area contributed by atoms with E-state index in [4.69, 9.17) is 5.73 Å². The van der Waals surface area contributed by atoms with E-state index in [1.54, 1.807) is 44.4 Å². The van der Waals surface area contributed by atoms with Crippen molar-refractivity contribution in [2.75, 3.05) is 21.2 Å². The van der Waals surface area contributed by atoms with Gasteiger partial charge in [-0.2, -0.15) is 0 Å². The zero-order valence-corrected chi connectivity index (χ0v) is 23.1. The predicted octanol–water partition coefficient (Wildman–Crippen LogP) is 1.97. The van der Waals surface area contributed by atoms with Crippen LogP contribution in [0.15, 0.2) is 65.1 Å². The zero-order chi connectivity index (χ0) is 30.7. The summed E-state index contributed by atoms with van der Waals surface area (Å²) in [5.41, 5.74) is 4.03. The van der Waals surface area contributed by atoms with Crippen LogP contribution in [0.3, 0.4) is 0 Å². The lowest BCUT2D eigenvalue weighted by atomic mass is 9.58. The van der Waals surface area contributed by atoms with Gasteiger partial charge in [-0.25, -0.2) is 4.79 Å². The second-order valence-electron chi connectivity index (χ2n) is 10.9. The Morgan fingerprint density at radius 1 is 1.12 bits per heavy atom. The molecule has 0 aliphatic heterocycles. The van der Waals surface area contributed by atoms with Crippen LogP contribution in [0.4, 0.5) is 0 Å². The van der Waals surface area contributed by atoms with Crippen LogP contribution < -0.4 is 5.73 Å². The smallest absolute Gasteiger partial charge is 0.330 e. The topological polar surface area (TPSA) is 188 Å². The number of allylic oxidation sites excluding steroid dienone is 1. The van der Waals surface area contributed by atoms with Crippen LogP contribution in [-0.2, 0) is 25.5 Å². The molecule has 0 fully saturated rings. The number of nitrogens with zero attached hydrogens (tertiary/aromatic N) is 1. The number of primary amides is 1. The molecule has 6 N–H and O–H groups in total. The molecule has 0 spiro atoms. The van der Waals surface area contributed by atoms with Gasteiger partial charge in [-0.05, 0) is 73.3 Å². The van der Waals surface area contributed by atoms with Gasteiger partial charge in [0.15, 0.2) is 11.4 Å². The van der Waals surface area contributed by atoms with Crippen LogP contribution in [0.25, 0.3) is 17.2 Å². The van der Waals surface area contributed by atoms with Crippen molar-refractivity contribution in [3.05, 3.63) is 81.8 Å². The number of esters is 1. The number of carbonyl (C=O) groups is 4. The normalized spacial score (nSPS) is 25.4. The van der Waals surface area contributed by atoms with Crippen molar-refractivity contribution in [3.63, 3.8) is 0 Å². The van der Waals surface area contributed by atoms with Gasteiger partial charge in [0, 0.05) is 17.6 Å². The molecule has 3 aliphatic rings. The molecule has 11 heteroatoms. The minimum atomic E-state index is -2.70. The Hall–Kier alpha value is -4.74. The summed E-state index contributed by atoms with van der Waals surface area (Å²) in [4.78, 5) is 52.6. The number of nitrogens with two attached hydrogens (primary N) is 1. The fraction of sp³-hybridized carbons (Fsp3) is 0.290. The Bertz CT molecular complexity index is 1650. The molecule has 0 bridgehead atoms. The van der Waals surface area contributed by atoms with Gasteiger partial charge in [-0.15, -0.1) is 0 Å². The number of phenolic OH excluding ortho intramolecular Hbond substituents is 1. The molecule has 2 aromatic carbocycles. The minimum absolute atomic E-state index is 0.0111. The fourth-order valence-electron chi connectivity index (χ4n) is 6.56. The second kappa shape index (κ2) is 10.3. The number of phenols is 1. The van der Waals surface area contributed by atoms with Gasteiger partial charge in [-0.3, -0.25) is 19.3 Å². The molecule has 0 heterocycles. The molecule has 3 aliphatic carbocycles. The van der Waals surface area contributed by atoms with Crippen molar-refractivity contribution in [2.45, 2.75) is 24.5 Å². The third kappa shape index (κ3) is 4.20. The highest BCUT2D eigenvalue weighted by Crippen LogP contribution is 2.53. The molecule has 42 heavy (non-hydrogen) atoms. The largest absolute Gasteiger partial charge is 0.510 e. The van der Waals surface area contributed by atoms with E-state index in [0.717, 1.165) is 0 Å². The maximum Gasteiger partial charge on any atom is 0.330 e. The van der Waals surface area contributed by atoms with Crippen molar-refractivity contribution in [3.8, 4) is 16.9 Å². The first-order chi connectivity index (χ1) is 19.8. The number of carbonyl (C=O) groups excluding carboxylic acids is 4. The molecule has 5 rings (SSSR count). The number of methoxy groups -OCH3 is 1. The SMILES string of the molecule is COC(=O)/C=C/c1cccc(-c2ccc(O)c3c2C[C@H]2C[C@H]4[C@H](N(C)C)C(O)=C(C(N)=O)C(=O)[C@@]4(O)C(O)=C2C3=O)c1. The minimum Gasteiger partial charge on any atom is -0.510 e. The van der Waals surface area contributed by atoms with Gasteiger partial charge in [-0.1, -0.05) is 24.3 Å². The Balaban J connectivity index is 1.66. The third-order valence-electron chi connectivity index (χ3n) is 8.42. The van der Waals surface area contributed by atoms with Crippen molar-refractivity contribution in [1.82, 2.24) is 4.90 Å². The van der Waals surface area contributed by atoms with Gasteiger partial charge >= 0.3 is 5.97 Å². The molecule has 0 saturated heterocycles. The molecular formula is C31H30N2O9. The van der Waals surface area contributed by atoms with E-state index in [1.165, 1.54) is 24.2 Å². The van der Waals surface area contributed by atoms with Crippen LogP contribution in [0.5, 0.6) is 5.75 Å². The Kier molecular flexibility index (Phi) is 7.04. The summed E-state index contributed by atoms with van der Waals surface area (Å²) >= 11 is 0. The number of benzene rings is 2. The molecular weight excluding hydrogens is 544 g/mol. The third-order valence-corrected chi connectivity index (χ3v) is 8.42. The first-order valence-corrected chi connectivity index (χ1v) is 13.2. The molecule has 4 atom stereocenters. The first-order valence-electron chi connectivity index (χ1n) is 13.2. The van der Waals surface area contributed by atoms with Gasteiger partial charge in [0.05, 0.1) is 18.7 Å². The molecule has 0 radical (unpaired) electrons. The molecule has 1 amide bonds. The number of aliphatic hydroxyl groups is 3. The number of aliphatic hydroxyl groups excluding tert-OH is 2. The summed E-state index contributed by atoms with van der Waals surface area (Å²) in [6.07, 6.45) is 3.00. The number of rotatable bonds is 5. The van der Waals surface area contributed by atoms with E-state index in [2.05, 4.69) is 4.74 Å². The van der Waals surface area contributed by atoms with E-state index in [1.807, 2.05) is 6.07 Å². The van der Waals surface area contributed by atoms with E-state index in [0.29, 0.717) is 22.3 Å². The summed E-state index contributed by atoms with van der Waals surface area (Å²) in [5, 5.41) is 44.9. The number of ether oxygens (including phenoxy) is 1. The number of Topliss-reactive ketones (excluding diaryl/α,β-unsaturated/α-hetero) is 2. The second-order valence-corrected chi connectivity index (χ2v) is 10.9. The van der Waals surface area contributed by atoms with E-state index < -0.39 is 64.0 Å². The van der Waals surface area contributed by atoms with Crippen LogP contribution in [0.2, 0.25) is 0 Å². The summed E-state index contributed by atoms with van der Waals surface area (Å²) in [7, 11) is 4.42. The highest BCUT2D eigenvalue weighted by atomic mass is 16.5. The quantitative estimate of drug-likeness (QED) is 0.201. The number of likely N-dealkylation sites (N-methyl/N-ethyl adjacent to an activating group) is 1. The van der Waals surface area contributed by atoms with Gasteiger partial charge in [0.25, 0.3) is 5.91 Å². The average Bonchev–Trinajstić information content (AvgIpc) is 2.93. The molecule has 0 unspecified atom stereocenters. The zero-order valence-electron chi connectivity index (χ0n) is 23.1. The summed E-state index contributed by atoms with van der Waals surface area (Å²) in [5.74, 6) is -7.54. The van der Waals surface area contributed by atoms with E-state index in [-0.39, 0.29) is 29.7 Å². The predicted molar refractivity (Wildman–Crippen MR) is 150 cm³/mol. The van der Waals surface area contributed by atoms with Crippen LogP contribution in [0.1, 0.15) is 27.9 Å². The Labute approximate surface area is 240 Å². The standard InChI is InChI=1S/C31H30N2O9/c1-33(2)25-19-13-16-12-18-17(15-6-4-5-14(11-15)7-10-21(35)42-3)8-9-20(34)23(18)26(36)22(16)28(38)31(19,41)29(39)24(27(25)37)30(32)40/h4-11,16,19,25,34,37-38,41H,12-13H2,1-3H3,(H2,32,40)/b10-7+/t16-,19-,25-,31-/m0/s1. The van der Waals surface area contributed by atoms with Crippen molar-refractivity contribution >= 4 is 29.5 Å². The van der Waals surface area contributed by atoms with Crippen LogP contribution in [0, 0.1) is 11.8 Å². The molecule has 218 valence electrons. The highest BCUT2D eigenvalue weighted by molar-refractivity contribution is 6.25. The number of amides is 1. The monoisotopic (exact) mass is 574 g/mol. The average molecular weight is 575 g/mol. The maximum absolute atomic E-state index is 13.9. The lowest BCUT2D eigenvalue weighted by molar-refractivity contribution is -0.148. The number of ketones is 2. The summed E-state index contributed by atoms with van der Waals surface area (Å²) < 4.78 is 4.64. The van der Waals surface area contributed by atoms with Gasteiger partial charge in [0.2, 0.25) is 5.78 Å². The van der Waals surface area contributed by atoms with Crippen LogP contribution >= 0.6 is 0 Å². The lowest BCUT2D eigenvalue weighted by Gasteiger charge is -2.50.